The van der Waals surface area contributed by atoms with Crippen molar-refractivity contribution in [2.24, 2.45) is 5.10 Å². The van der Waals surface area contributed by atoms with Crippen molar-refractivity contribution in [3.05, 3.63) is 96.6 Å². The van der Waals surface area contributed by atoms with E-state index in [1.807, 2.05) is 97.9 Å². The molecule has 0 saturated carbocycles. The lowest BCUT2D eigenvalue weighted by Gasteiger charge is -2.08. The van der Waals surface area contributed by atoms with E-state index in [9.17, 15) is 10.1 Å². The van der Waals surface area contributed by atoms with Crippen molar-refractivity contribution in [2.45, 2.75) is 6.92 Å². The summed E-state index contributed by atoms with van der Waals surface area (Å²) in [6, 6.07) is 30.2. The van der Waals surface area contributed by atoms with Gasteiger partial charge in [-0.3, -0.25) is 10.2 Å². The highest BCUT2D eigenvalue weighted by atomic mass is 16.2. The predicted octanol–water partition coefficient (Wildman–Crippen LogP) is 4.78. The van der Waals surface area contributed by atoms with Crippen LogP contribution in [0.3, 0.4) is 0 Å². The van der Waals surface area contributed by atoms with Gasteiger partial charge in [-0.15, -0.1) is 0 Å². The maximum absolute atomic E-state index is 12.8. The van der Waals surface area contributed by atoms with Crippen LogP contribution in [-0.2, 0) is 4.79 Å². The number of aryl methyl sites for hydroxylation is 1. The molecule has 0 aliphatic carbocycles. The summed E-state index contributed by atoms with van der Waals surface area (Å²) in [5, 5.41) is 20.8. The summed E-state index contributed by atoms with van der Waals surface area (Å²) in [4.78, 5) is 12.8. The predicted molar refractivity (Wildman–Crippen MR) is 125 cm³/mol. The van der Waals surface area contributed by atoms with Gasteiger partial charge in [-0.2, -0.15) is 15.5 Å². The van der Waals surface area contributed by atoms with E-state index in [2.05, 4.69) is 20.9 Å². The number of anilines is 2. The first-order valence-corrected chi connectivity index (χ1v) is 9.97. The van der Waals surface area contributed by atoms with E-state index in [4.69, 9.17) is 0 Å². The van der Waals surface area contributed by atoms with Crippen molar-refractivity contribution in [3.8, 4) is 23.0 Å². The SMILES string of the molecule is Cc1ccc(N/N=C(\C#N)C(=O)Nc2cc(-c3ccccc3)nn2-c2ccccc2)cc1. The van der Waals surface area contributed by atoms with Crippen molar-refractivity contribution in [2.75, 3.05) is 10.7 Å². The zero-order valence-corrected chi connectivity index (χ0v) is 17.4. The highest BCUT2D eigenvalue weighted by Crippen LogP contribution is 2.24. The van der Waals surface area contributed by atoms with Crippen molar-refractivity contribution in [1.82, 2.24) is 9.78 Å². The van der Waals surface area contributed by atoms with Crippen LogP contribution >= 0.6 is 0 Å². The number of nitrogens with one attached hydrogen (secondary N) is 2. The Morgan fingerprint density at radius 2 is 1.62 bits per heavy atom. The smallest absolute Gasteiger partial charge is 0.288 e. The van der Waals surface area contributed by atoms with Crippen molar-refractivity contribution >= 4 is 23.1 Å². The van der Waals surface area contributed by atoms with E-state index in [1.54, 1.807) is 10.7 Å². The van der Waals surface area contributed by atoms with Gasteiger partial charge in [0.25, 0.3) is 5.91 Å². The van der Waals surface area contributed by atoms with Crippen LogP contribution in [0.1, 0.15) is 5.56 Å². The Balaban J connectivity index is 1.62. The molecule has 0 spiro atoms. The van der Waals surface area contributed by atoms with E-state index in [1.165, 1.54) is 0 Å². The number of para-hydroxylation sites is 1. The monoisotopic (exact) mass is 420 g/mol. The maximum atomic E-state index is 12.8. The third-order valence-corrected chi connectivity index (χ3v) is 4.69. The molecule has 4 aromatic rings. The number of aromatic nitrogens is 2. The van der Waals surface area contributed by atoms with Crippen molar-refractivity contribution in [3.63, 3.8) is 0 Å². The number of hydrogen-bond acceptors (Lipinski definition) is 5. The second kappa shape index (κ2) is 9.41. The van der Waals surface area contributed by atoms with Gasteiger partial charge in [0.2, 0.25) is 5.71 Å². The number of benzene rings is 3. The summed E-state index contributed by atoms with van der Waals surface area (Å²) in [7, 11) is 0. The molecule has 1 aromatic heterocycles. The molecular weight excluding hydrogens is 400 g/mol. The van der Waals surface area contributed by atoms with Crippen LogP contribution < -0.4 is 10.7 Å². The minimum Gasteiger partial charge on any atom is -0.304 e. The topological polar surface area (TPSA) is 95.1 Å². The first-order valence-electron chi connectivity index (χ1n) is 9.97. The molecule has 1 amide bonds. The number of amides is 1. The molecule has 0 fully saturated rings. The summed E-state index contributed by atoms with van der Waals surface area (Å²) in [6.45, 7) is 1.97. The van der Waals surface area contributed by atoms with E-state index in [0.717, 1.165) is 16.8 Å². The second-order valence-electron chi connectivity index (χ2n) is 7.03. The van der Waals surface area contributed by atoms with Gasteiger partial charge in [0.1, 0.15) is 11.9 Å². The normalized spacial score (nSPS) is 10.9. The summed E-state index contributed by atoms with van der Waals surface area (Å²) < 4.78 is 1.63. The highest BCUT2D eigenvalue weighted by molar-refractivity contribution is 6.48. The van der Waals surface area contributed by atoms with Gasteiger partial charge >= 0.3 is 0 Å². The van der Waals surface area contributed by atoms with Gasteiger partial charge in [-0.1, -0.05) is 66.2 Å². The minimum atomic E-state index is -0.635. The van der Waals surface area contributed by atoms with Gasteiger partial charge in [-0.25, -0.2) is 4.68 Å². The van der Waals surface area contributed by atoms with Crippen LogP contribution in [0.25, 0.3) is 16.9 Å². The fraction of sp³-hybridized carbons (Fsp3) is 0.0400. The number of carbonyl (C=O) groups is 1. The summed E-state index contributed by atoms with van der Waals surface area (Å²) in [5.41, 5.74) is 6.61. The number of nitriles is 1. The maximum Gasteiger partial charge on any atom is 0.288 e. The molecule has 3 aromatic carbocycles. The molecule has 0 aliphatic heterocycles. The quantitative estimate of drug-likeness (QED) is 0.347. The molecule has 4 rings (SSSR count). The third-order valence-electron chi connectivity index (χ3n) is 4.69. The molecule has 0 aliphatic rings. The molecule has 0 atom stereocenters. The molecule has 1 heterocycles. The Kier molecular flexibility index (Phi) is 6.05. The summed E-state index contributed by atoms with van der Waals surface area (Å²) >= 11 is 0. The zero-order valence-electron chi connectivity index (χ0n) is 17.4. The molecule has 32 heavy (non-hydrogen) atoms. The van der Waals surface area contributed by atoms with E-state index in [-0.39, 0.29) is 5.71 Å². The van der Waals surface area contributed by atoms with E-state index in [0.29, 0.717) is 17.2 Å². The number of nitrogens with zero attached hydrogens (tertiary/aromatic N) is 4. The highest BCUT2D eigenvalue weighted by Gasteiger charge is 2.17. The molecule has 2 N–H and O–H groups in total. The molecule has 0 unspecified atom stereocenters. The van der Waals surface area contributed by atoms with Crippen LogP contribution in [0.15, 0.2) is 96.1 Å². The van der Waals surface area contributed by atoms with Crippen LogP contribution in [0.4, 0.5) is 11.5 Å². The number of hydrogen-bond donors (Lipinski definition) is 2. The molecule has 0 bridgehead atoms. The van der Waals surface area contributed by atoms with Gasteiger partial charge in [0, 0.05) is 11.6 Å². The van der Waals surface area contributed by atoms with Crippen LogP contribution in [0.5, 0.6) is 0 Å². The minimum absolute atomic E-state index is 0.298. The van der Waals surface area contributed by atoms with E-state index >= 15 is 0 Å². The lowest BCUT2D eigenvalue weighted by molar-refractivity contribution is -0.110. The molecular formula is C25H20N6O. The molecule has 0 saturated heterocycles. The Hall–Kier alpha value is -4.70. The third kappa shape index (κ3) is 4.71. The molecule has 0 radical (unpaired) electrons. The lowest BCUT2D eigenvalue weighted by atomic mass is 10.1. The van der Waals surface area contributed by atoms with E-state index < -0.39 is 5.91 Å². The fourth-order valence-corrected chi connectivity index (χ4v) is 3.04. The summed E-state index contributed by atoms with van der Waals surface area (Å²) in [5.74, 6) is -0.206. The summed E-state index contributed by atoms with van der Waals surface area (Å²) in [6.07, 6.45) is 0. The van der Waals surface area contributed by atoms with Crippen molar-refractivity contribution in [1.29, 1.82) is 5.26 Å². The number of carbonyl (C=O) groups excluding carboxylic acids is 1. The van der Waals surface area contributed by atoms with Gasteiger partial charge in [-0.05, 0) is 31.2 Å². The second-order valence-corrected chi connectivity index (χ2v) is 7.03. The Bertz CT molecular complexity index is 1290. The van der Waals surface area contributed by atoms with Crippen molar-refractivity contribution < 1.29 is 4.79 Å². The number of rotatable bonds is 6. The lowest BCUT2D eigenvalue weighted by Crippen LogP contribution is -2.24. The van der Waals surface area contributed by atoms with Crippen LogP contribution in [0.2, 0.25) is 0 Å². The van der Waals surface area contributed by atoms with Gasteiger partial charge in [0.15, 0.2) is 0 Å². The molecule has 7 nitrogen and oxygen atoms in total. The Morgan fingerprint density at radius 3 is 2.28 bits per heavy atom. The average molecular weight is 420 g/mol. The molecule has 7 heteroatoms. The van der Waals surface area contributed by atoms with Crippen LogP contribution in [-0.4, -0.2) is 21.4 Å². The first-order chi connectivity index (χ1) is 15.6. The standard InChI is InChI=1S/C25H20N6O/c1-18-12-14-20(15-13-18)28-29-23(17-26)25(32)27-24-16-22(19-8-4-2-5-9-19)30-31(24)21-10-6-3-7-11-21/h2-16,28H,1H3,(H,27,32)/b29-23+. The Labute approximate surface area is 185 Å². The first kappa shape index (κ1) is 20.6. The Morgan fingerprint density at radius 1 is 0.969 bits per heavy atom. The fourth-order valence-electron chi connectivity index (χ4n) is 3.04. The largest absolute Gasteiger partial charge is 0.304 e. The van der Waals surface area contributed by atoms with Gasteiger partial charge in [0.05, 0.1) is 17.1 Å². The zero-order chi connectivity index (χ0) is 22.3. The average Bonchev–Trinajstić information content (AvgIpc) is 3.25. The number of hydrazone groups is 1. The van der Waals surface area contributed by atoms with Gasteiger partial charge < -0.3 is 5.32 Å². The molecule has 156 valence electrons. The van der Waals surface area contributed by atoms with Crippen LogP contribution in [0, 0.1) is 18.3 Å².